The van der Waals surface area contributed by atoms with E-state index in [2.05, 4.69) is 5.32 Å². The maximum Gasteiger partial charge on any atom is 0.261 e. The molecule has 0 aliphatic rings. The van der Waals surface area contributed by atoms with E-state index in [1.807, 2.05) is 6.92 Å². The van der Waals surface area contributed by atoms with E-state index < -0.39 is 6.10 Å². The van der Waals surface area contributed by atoms with E-state index in [-0.39, 0.29) is 17.5 Å². The molecule has 2 rings (SSSR count). The van der Waals surface area contributed by atoms with Crippen molar-refractivity contribution in [2.45, 2.75) is 32.3 Å². The Balaban J connectivity index is 1.75. The summed E-state index contributed by atoms with van der Waals surface area (Å²) in [5.74, 6) is -0.331. The first kappa shape index (κ1) is 17.9. The van der Waals surface area contributed by atoms with Crippen LogP contribution in [0.2, 0.25) is 0 Å². The fraction of sp³-hybridized carbons (Fsp3) is 0.316. The van der Waals surface area contributed by atoms with Crippen molar-refractivity contribution in [3.05, 3.63) is 65.7 Å². The van der Waals surface area contributed by atoms with Gasteiger partial charge in [0.05, 0.1) is 0 Å². The van der Waals surface area contributed by atoms with Gasteiger partial charge in [-0.05, 0) is 61.2 Å². The van der Waals surface area contributed by atoms with Crippen molar-refractivity contribution in [1.29, 1.82) is 0 Å². The SMILES string of the molecule is CC[C@@H](Oc1ccc(F)cc1)C(=O)NCCCc1ccc(F)cc1. The molecule has 5 heteroatoms. The highest BCUT2D eigenvalue weighted by Gasteiger charge is 2.17. The van der Waals surface area contributed by atoms with Crippen LogP contribution in [0.1, 0.15) is 25.3 Å². The van der Waals surface area contributed by atoms with E-state index in [0.717, 1.165) is 18.4 Å². The highest BCUT2D eigenvalue weighted by Crippen LogP contribution is 2.14. The Hall–Kier alpha value is -2.43. The lowest BCUT2D eigenvalue weighted by molar-refractivity contribution is -0.128. The Morgan fingerprint density at radius 3 is 2.21 bits per heavy atom. The van der Waals surface area contributed by atoms with Gasteiger partial charge in [-0.25, -0.2) is 8.78 Å². The second kappa shape index (κ2) is 9.01. The van der Waals surface area contributed by atoms with Crippen LogP contribution in [0.4, 0.5) is 8.78 Å². The van der Waals surface area contributed by atoms with E-state index in [9.17, 15) is 13.6 Å². The fourth-order valence-electron chi connectivity index (χ4n) is 2.27. The minimum Gasteiger partial charge on any atom is -0.481 e. The van der Waals surface area contributed by atoms with Gasteiger partial charge in [0.1, 0.15) is 17.4 Å². The largest absolute Gasteiger partial charge is 0.481 e. The van der Waals surface area contributed by atoms with E-state index in [4.69, 9.17) is 4.74 Å². The van der Waals surface area contributed by atoms with Gasteiger partial charge in [-0.3, -0.25) is 4.79 Å². The summed E-state index contributed by atoms with van der Waals surface area (Å²) in [6.07, 6.45) is 1.42. The van der Waals surface area contributed by atoms with Gasteiger partial charge in [0.2, 0.25) is 0 Å². The Labute approximate surface area is 140 Å². The Kier molecular flexibility index (Phi) is 6.73. The molecule has 0 saturated heterocycles. The number of hydrogen-bond donors (Lipinski definition) is 1. The van der Waals surface area contributed by atoms with Gasteiger partial charge in [0.25, 0.3) is 5.91 Å². The predicted octanol–water partition coefficient (Wildman–Crippen LogP) is 3.87. The third kappa shape index (κ3) is 5.65. The molecule has 0 fully saturated rings. The monoisotopic (exact) mass is 333 g/mol. The number of carbonyl (C=O) groups is 1. The number of nitrogens with one attached hydrogen (secondary N) is 1. The Bertz CT molecular complexity index is 641. The van der Waals surface area contributed by atoms with Crippen molar-refractivity contribution in [1.82, 2.24) is 5.32 Å². The summed E-state index contributed by atoms with van der Waals surface area (Å²) >= 11 is 0. The van der Waals surface area contributed by atoms with Crippen LogP contribution >= 0.6 is 0 Å². The van der Waals surface area contributed by atoms with Crippen molar-refractivity contribution in [2.24, 2.45) is 0 Å². The van der Waals surface area contributed by atoms with Gasteiger partial charge in [-0.2, -0.15) is 0 Å². The summed E-state index contributed by atoms with van der Waals surface area (Å²) in [5, 5.41) is 2.83. The summed E-state index contributed by atoms with van der Waals surface area (Å²) in [4.78, 5) is 12.1. The van der Waals surface area contributed by atoms with Crippen LogP contribution in [0.5, 0.6) is 5.75 Å². The molecule has 0 bridgehead atoms. The fourth-order valence-corrected chi connectivity index (χ4v) is 2.27. The third-order valence-corrected chi connectivity index (χ3v) is 3.61. The second-order valence-electron chi connectivity index (χ2n) is 5.49. The van der Waals surface area contributed by atoms with Gasteiger partial charge in [0.15, 0.2) is 6.10 Å². The molecule has 0 saturated carbocycles. The zero-order valence-corrected chi connectivity index (χ0v) is 13.6. The van der Waals surface area contributed by atoms with E-state index in [1.54, 1.807) is 12.1 Å². The molecule has 0 aliphatic heterocycles. The second-order valence-corrected chi connectivity index (χ2v) is 5.49. The minimum absolute atomic E-state index is 0.194. The summed E-state index contributed by atoms with van der Waals surface area (Å²) in [7, 11) is 0. The zero-order chi connectivity index (χ0) is 17.4. The van der Waals surface area contributed by atoms with Gasteiger partial charge >= 0.3 is 0 Å². The molecule has 0 aliphatic carbocycles. The lowest BCUT2D eigenvalue weighted by atomic mass is 10.1. The van der Waals surface area contributed by atoms with Gasteiger partial charge < -0.3 is 10.1 Å². The first-order valence-corrected chi connectivity index (χ1v) is 8.03. The maximum absolute atomic E-state index is 12.9. The first-order valence-electron chi connectivity index (χ1n) is 8.03. The van der Waals surface area contributed by atoms with Crippen molar-refractivity contribution >= 4 is 5.91 Å². The number of aryl methyl sites for hydroxylation is 1. The molecule has 1 atom stereocenters. The third-order valence-electron chi connectivity index (χ3n) is 3.61. The molecule has 1 N–H and O–H groups in total. The number of carbonyl (C=O) groups excluding carboxylic acids is 1. The zero-order valence-electron chi connectivity index (χ0n) is 13.6. The van der Waals surface area contributed by atoms with Gasteiger partial charge in [0, 0.05) is 6.54 Å². The Morgan fingerprint density at radius 1 is 1.04 bits per heavy atom. The van der Waals surface area contributed by atoms with Crippen molar-refractivity contribution in [2.75, 3.05) is 6.54 Å². The van der Waals surface area contributed by atoms with E-state index >= 15 is 0 Å². The van der Waals surface area contributed by atoms with Gasteiger partial charge in [-0.15, -0.1) is 0 Å². The van der Waals surface area contributed by atoms with Gasteiger partial charge in [-0.1, -0.05) is 19.1 Å². The smallest absolute Gasteiger partial charge is 0.261 e. The summed E-state index contributed by atoms with van der Waals surface area (Å²) < 4.78 is 31.3. The number of hydrogen-bond acceptors (Lipinski definition) is 2. The molecule has 0 unspecified atom stereocenters. The number of rotatable bonds is 8. The Morgan fingerprint density at radius 2 is 1.62 bits per heavy atom. The molecule has 128 valence electrons. The van der Waals surface area contributed by atoms with Crippen LogP contribution in [0, 0.1) is 11.6 Å². The highest BCUT2D eigenvalue weighted by molar-refractivity contribution is 5.81. The number of benzene rings is 2. The summed E-state index contributed by atoms with van der Waals surface area (Å²) in [6.45, 7) is 2.37. The standard InChI is InChI=1S/C19H21F2NO2/c1-2-18(24-17-11-9-16(21)10-12-17)19(23)22-13-3-4-14-5-7-15(20)8-6-14/h5-12,18H,2-4,13H2,1H3,(H,22,23)/t18-/m1/s1. The van der Waals surface area contributed by atoms with Crippen LogP contribution in [0.25, 0.3) is 0 Å². The van der Waals surface area contributed by atoms with Crippen LogP contribution in [0.3, 0.4) is 0 Å². The topological polar surface area (TPSA) is 38.3 Å². The number of halogens is 2. The van der Waals surface area contributed by atoms with Crippen molar-refractivity contribution < 1.29 is 18.3 Å². The molecule has 1 amide bonds. The minimum atomic E-state index is -0.610. The maximum atomic E-state index is 12.9. The molecule has 0 radical (unpaired) electrons. The number of ether oxygens (including phenoxy) is 1. The van der Waals surface area contributed by atoms with Crippen molar-refractivity contribution in [3.63, 3.8) is 0 Å². The molecular weight excluding hydrogens is 312 g/mol. The molecule has 0 aromatic heterocycles. The summed E-state index contributed by atoms with van der Waals surface area (Å²) in [5.41, 5.74) is 1.03. The summed E-state index contributed by atoms with van der Waals surface area (Å²) in [6, 6.07) is 11.9. The lowest BCUT2D eigenvalue weighted by Gasteiger charge is -2.17. The molecule has 24 heavy (non-hydrogen) atoms. The predicted molar refractivity (Wildman–Crippen MR) is 88.8 cm³/mol. The highest BCUT2D eigenvalue weighted by atomic mass is 19.1. The molecule has 0 spiro atoms. The first-order chi connectivity index (χ1) is 11.6. The van der Waals surface area contributed by atoms with Crippen LogP contribution < -0.4 is 10.1 Å². The molecular formula is C19H21F2NO2. The normalized spacial score (nSPS) is 11.8. The van der Waals surface area contributed by atoms with Crippen molar-refractivity contribution in [3.8, 4) is 5.75 Å². The van der Waals surface area contributed by atoms with Crippen LogP contribution in [0.15, 0.2) is 48.5 Å². The molecule has 2 aromatic carbocycles. The average molecular weight is 333 g/mol. The van der Waals surface area contributed by atoms with Crippen LogP contribution in [-0.4, -0.2) is 18.6 Å². The van der Waals surface area contributed by atoms with Crippen LogP contribution in [-0.2, 0) is 11.2 Å². The number of amides is 1. The quantitative estimate of drug-likeness (QED) is 0.745. The average Bonchev–Trinajstić information content (AvgIpc) is 2.59. The van der Waals surface area contributed by atoms with E-state index in [1.165, 1.54) is 36.4 Å². The van der Waals surface area contributed by atoms with E-state index in [0.29, 0.717) is 18.7 Å². The molecule has 2 aromatic rings. The molecule has 0 heterocycles. The lowest BCUT2D eigenvalue weighted by Crippen LogP contribution is -2.38. The molecule has 3 nitrogen and oxygen atoms in total.